The molecule has 0 saturated heterocycles. The molecule has 1 N–H and O–H groups in total. The van der Waals surface area contributed by atoms with Crippen LogP contribution >= 0.6 is 0 Å². The first-order chi connectivity index (χ1) is 10.2. The Balaban J connectivity index is 5.14. The zero-order valence-corrected chi connectivity index (χ0v) is 20.8. The lowest BCUT2D eigenvalue weighted by atomic mass is 11.8. The molecule has 0 rings (SSSR count). The van der Waals surface area contributed by atoms with E-state index < -0.39 is 44.0 Å². The molecule has 0 amide bonds. The van der Waals surface area contributed by atoms with Crippen molar-refractivity contribution in [3.05, 3.63) is 0 Å². The molecular weight excluding hydrogens is 389 g/mol. The predicted octanol–water partition coefficient (Wildman–Crippen LogP) is 1.64. The van der Waals surface area contributed by atoms with Crippen molar-refractivity contribution in [2.45, 2.75) is 45.8 Å². The lowest BCUT2D eigenvalue weighted by Gasteiger charge is -2.34. The third kappa shape index (κ3) is 10.4. The topological polar surface area (TPSA) is 84.8 Å². The van der Waals surface area contributed by atoms with E-state index in [0.717, 1.165) is 0 Å². The maximum atomic E-state index is 10.6. The predicted molar refractivity (Wildman–Crippen MR) is 97.4 cm³/mol. The molecule has 8 nitrogen and oxygen atoms in total. The van der Waals surface area contributed by atoms with Gasteiger partial charge < -0.3 is 34.5 Å². The van der Waals surface area contributed by atoms with Crippen LogP contribution in [0.3, 0.4) is 0 Å². The fourth-order valence-corrected chi connectivity index (χ4v) is 12.1. The monoisotopic (exact) mass is 419 g/mol. The van der Waals surface area contributed by atoms with Crippen LogP contribution in [0, 0.1) is 0 Å². The number of rotatable bonds is 11. The third-order valence-electron chi connectivity index (χ3n) is 2.12. The summed E-state index contributed by atoms with van der Waals surface area (Å²) in [6.07, 6.45) is 0. The second-order valence-corrected chi connectivity index (χ2v) is 23.1. The zero-order chi connectivity index (χ0) is 18.5. The molecule has 0 aromatic rings. The molecule has 0 fully saturated rings. The summed E-state index contributed by atoms with van der Waals surface area (Å²) in [7, 11) is -8.85. The molecule has 23 heavy (non-hydrogen) atoms. The van der Waals surface area contributed by atoms with E-state index in [2.05, 4.69) is 0 Å². The lowest BCUT2D eigenvalue weighted by molar-refractivity contribution is 0.0254. The summed E-state index contributed by atoms with van der Waals surface area (Å²) in [6, 6.07) is 0. The van der Waals surface area contributed by atoms with Gasteiger partial charge in [-0.3, -0.25) is 0 Å². The Morgan fingerprint density at radius 3 is 1.26 bits per heavy atom. The SMILES string of the molecule is CO[Si](OC)(OC)O[Si](C)(O)O[Si](O[Si](C)(C)C)O[Si](C)(C)C. The molecule has 1 radical (unpaired) electrons. The van der Waals surface area contributed by atoms with Crippen LogP contribution in [0.15, 0.2) is 0 Å². The maximum absolute atomic E-state index is 10.6. The van der Waals surface area contributed by atoms with Gasteiger partial charge in [-0.25, -0.2) is 0 Å². The third-order valence-corrected chi connectivity index (χ3v) is 14.5. The van der Waals surface area contributed by atoms with Gasteiger partial charge in [0.15, 0.2) is 16.6 Å². The van der Waals surface area contributed by atoms with E-state index in [1.807, 2.05) is 39.3 Å². The highest BCUT2D eigenvalue weighted by Gasteiger charge is 2.53. The molecular formula is C10H31O8Si5. The van der Waals surface area contributed by atoms with Crippen molar-refractivity contribution in [3.63, 3.8) is 0 Å². The van der Waals surface area contributed by atoms with Crippen LogP contribution in [-0.4, -0.2) is 70.1 Å². The smallest absolute Gasteiger partial charge is 0.415 e. The van der Waals surface area contributed by atoms with E-state index in [1.54, 1.807) is 0 Å². The summed E-state index contributed by atoms with van der Waals surface area (Å²) in [5.74, 6) is 0. The molecule has 139 valence electrons. The van der Waals surface area contributed by atoms with Gasteiger partial charge in [-0.1, -0.05) is 0 Å². The number of hydrogen-bond acceptors (Lipinski definition) is 8. The van der Waals surface area contributed by atoms with Gasteiger partial charge in [0.1, 0.15) is 0 Å². The van der Waals surface area contributed by atoms with Crippen molar-refractivity contribution in [3.8, 4) is 0 Å². The minimum atomic E-state index is -3.64. The fraction of sp³-hybridized carbons (Fsp3) is 1.00. The van der Waals surface area contributed by atoms with E-state index in [1.165, 1.54) is 27.9 Å². The summed E-state index contributed by atoms with van der Waals surface area (Å²) in [4.78, 5) is 10.6. The second-order valence-electron chi connectivity index (χ2n) is 6.89. The van der Waals surface area contributed by atoms with Crippen molar-refractivity contribution < 1.29 is 34.5 Å². The molecule has 0 spiro atoms. The standard InChI is InChI=1S/C10H31O8Si5/c1-12-23(13-2,14-3)18-22(10,11)17-19(15-20(4,5)6)16-21(7,8)9/h11H,1-10H3. The first kappa shape index (κ1) is 23.8. The largest absolute Gasteiger partial charge is 0.671 e. The van der Waals surface area contributed by atoms with Crippen LogP contribution in [0.2, 0.25) is 45.8 Å². The molecule has 0 aliphatic heterocycles. The summed E-state index contributed by atoms with van der Waals surface area (Å²) >= 11 is 0. The fourth-order valence-electron chi connectivity index (χ4n) is 1.34. The molecule has 0 aromatic carbocycles. The quantitative estimate of drug-likeness (QED) is 0.506. The van der Waals surface area contributed by atoms with Crippen molar-refractivity contribution in [2.24, 2.45) is 0 Å². The maximum Gasteiger partial charge on any atom is 0.671 e. The van der Waals surface area contributed by atoms with E-state index in [4.69, 9.17) is 29.7 Å². The van der Waals surface area contributed by atoms with Gasteiger partial charge in [0.05, 0.1) is 0 Å². The molecule has 0 saturated carbocycles. The highest BCUT2D eigenvalue weighted by Crippen LogP contribution is 2.20. The molecule has 1 atom stereocenters. The van der Waals surface area contributed by atoms with Gasteiger partial charge in [0.25, 0.3) is 0 Å². The summed E-state index contributed by atoms with van der Waals surface area (Å²) < 4.78 is 38.8. The van der Waals surface area contributed by atoms with Crippen LogP contribution in [0.4, 0.5) is 0 Å². The van der Waals surface area contributed by atoms with Gasteiger partial charge in [0, 0.05) is 27.9 Å². The summed E-state index contributed by atoms with van der Waals surface area (Å²) in [6.45, 7) is 13.7. The second kappa shape index (κ2) is 8.92. The van der Waals surface area contributed by atoms with Gasteiger partial charge in [-0.05, 0) is 39.3 Å². The van der Waals surface area contributed by atoms with Gasteiger partial charge in [0.2, 0.25) is 0 Å². The first-order valence-corrected chi connectivity index (χ1v) is 19.1. The molecule has 13 heteroatoms. The van der Waals surface area contributed by atoms with Gasteiger partial charge in [-0.2, -0.15) is 0 Å². The molecule has 0 bridgehead atoms. The Labute approximate surface area is 146 Å². The first-order valence-electron chi connectivity index (χ1n) is 7.19. The number of hydrogen-bond donors (Lipinski definition) is 1. The minimum absolute atomic E-state index is 1.40. The Morgan fingerprint density at radius 2 is 1.00 bits per heavy atom. The Hall–Kier alpha value is 0.764. The van der Waals surface area contributed by atoms with Crippen LogP contribution in [-0.2, 0) is 29.7 Å². The minimum Gasteiger partial charge on any atom is -0.415 e. The van der Waals surface area contributed by atoms with Crippen molar-refractivity contribution in [2.75, 3.05) is 21.3 Å². The summed E-state index contributed by atoms with van der Waals surface area (Å²) in [5.41, 5.74) is 0. The average Bonchev–Trinajstić information content (AvgIpc) is 2.31. The van der Waals surface area contributed by atoms with Gasteiger partial charge in [-0.15, -0.1) is 0 Å². The van der Waals surface area contributed by atoms with Gasteiger partial charge >= 0.3 is 27.4 Å². The molecule has 0 aliphatic carbocycles. The Bertz CT molecular complexity index is 328. The normalized spacial score (nSPS) is 16.7. The molecule has 0 aromatic heterocycles. The molecule has 1 unspecified atom stereocenters. The Morgan fingerprint density at radius 1 is 0.652 bits per heavy atom. The molecule has 0 aliphatic rings. The van der Waals surface area contributed by atoms with E-state index >= 15 is 0 Å². The van der Waals surface area contributed by atoms with Crippen molar-refractivity contribution >= 4 is 44.0 Å². The van der Waals surface area contributed by atoms with E-state index in [0.29, 0.717) is 0 Å². The van der Waals surface area contributed by atoms with Crippen molar-refractivity contribution in [1.29, 1.82) is 0 Å². The highest BCUT2D eigenvalue weighted by atomic mass is 28.5. The highest BCUT2D eigenvalue weighted by molar-refractivity contribution is 6.82. The van der Waals surface area contributed by atoms with E-state index in [9.17, 15) is 4.80 Å². The van der Waals surface area contributed by atoms with Crippen LogP contribution in [0.5, 0.6) is 0 Å². The van der Waals surface area contributed by atoms with Crippen LogP contribution < -0.4 is 0 Å². The average molecular weight is 420 g/mol. The van der Waals surface area contributed by atoms with Crippen LogP contribution in [0.25, 0.3) is 0 Å². The van der Waals surface area contributed by atoms with Crippen molar-refractivity contribution in [1.82, 2.24) is 0 Å². The summed E-state index contributed by atoms with van der Waals surface area (Å²) in [5, 5.41) is 0. The van der Waals surface area contributed by atoms with Crippen LogP contribution in [0.1, 0.15) is 0 Å². The lowest BCUT2D eigenvalue weighted by Crippen LogP contribution is -2.60. The Kier molecular flexibility index (Phi) is 9.22. The molecule has 0 heterocycles. The zero-order valence-electron chi connectivity index (χ0n) is 15.8. The van der Waals surface area contributed by atoms with E-state index in [-0.39, 0.29) is 0 Å².